The van der Waals surface area contributed by atoms with E-state index < -0.39 is 10.0 Å². The number of aryl methyl sites for hydroxylation is 1. The molecule has 0 atom stereocenters. The average Bonchev–Trinajstić information content (AvgIpc) is 3.64. The maximum atomic E-state index is 12.9. The highest BCUT2D eigenvalue weighted by molar-refractivity contribution is 7.92. The van der Waals surface area contributed by atoms with Crippen LogP contribution in [0.5, 0.6) is 0 Å². The summed E-state index contributed by atoms with van der Waals surface area (Å²) in [4.78, 5) is 19.0. The number of anilines is 2. The normalized spacial score (nSPS) is 15.9. The smallest absolute Gasteiger partial charge is 0.261 e. The van der Waals surface area contributed by atoms with Crippen molar-refractivity contribution in [2.75, 3.05) is 16.2 Å². The lowest BCUT2D eigenvalue weighted by Crippen LogP contribution is -2.36. The van der Waals surface area contributed by atoms with E-state index in [4.69, 9.17) is 0 Å². The van der Waals surface area contributed by atoms with Crippen molar-refractivity contribution >= 4 is 27.3 Å². The van der Waals surface area contributed by atoms with E-state index >= 15 is 0 Å². The van der Waals surface area contributed by atoms with Crippen LogP contribution in [0.25, 0.3) is 11.3 Å². The Morgan fingerprint density at radius 3 is 2.55 bits per heavy atom. The molecule has 1 aliphatic carbocycles. The second kappa shape index (κ2) is 7.81. The van der Waals surface area contributed by atoms with Gasteiger partial charge in [-0.05, 0) is 67.6 Å². The average molecular weight is 434 g/mol. The predicted octanol–water partition coefficient (Wildman–Crippen LogP) is 4.24. The van der Waals surface area contributed by atoms with Crippen LogP contribution in [0.4, 0.5) is 11.4 Å². The number of carbonyl (C=O) groups excluding carboxylic acids is 1. The second-order valence-corrected chi connectivity index (χ2v) is 9.74. The summed E-state index contributed by atoms with van der Waals surface area (Å²) in [6.45, 7) is 0.688. The van der Waals surface area contributed by atoms with Gasteiger partial charge in [0.15, 0.2) is 0 Å². The van der Waals surface area contributed by atoms with Crippen LogP contribution < -0.4 is 9.62 Å². The number of benzene rings is 2. The number of fused-ring (bicyclic) bond motifs is 1. The minimum atomic E-state index is -3.75. The number of hydrogen-bond acceptors (Lipinski definition) is 4. The highest BCUT2D eigenvalue weighted by atomic mass is 32.2. The van der Waals surface area contributed by atoms with Crippen molar-refractivity contribution in [3.8, 4) is 11.3 Å². The van der Waals surface area contributed by atoms with E-state index in [0.29, 0.717) is 12.2 Å². The fourth-order valence-corrected chi connectivity index (χ4v) is 5.02. The molecule has 6 nitrogen and oxygen atoms in total. The Labute approximate surface area is 182 Å². The molecule has 0 bridgehead atoms. The Kier molecular flexibility index (Phi) is 4.98. The van der Waals surface area contributed by atoms with Crippen molar-refractivity contribution < 1.29 is 13.2 Å². The molecule has 2 aromatic carbocycles. The monoisotopic (exact) mass is 433 g/mol. The summed E-state index contributed by atoms with van der Waals surface area (Å²) in [5, 5.41) is 0. The fraction of sp³-hybridized carbons (Fsp3) is 0.250. The van der Waals surface area contributed by atoms with E-state index in [2.05, 4.69) is 9.71 Å². The molecule has 31 heavy (non-hydrogen) atoms. The maximum Gasteiger partial charge on any atom is 0.261 e. The van der Waals surface area contributed by atoms with Crippen LogP contribution in [-0.2, 0) is 21.2 Å². The molecule has 2 heterocycles. The quantitative estimate of drug-likeness (QED) is 0.653. The number of aromatic nitrogens is 1. The molecule has 2 aliphatic rings. The Hall–Kier alpha value is -3.19. The Morgan fingerprint density at radius 2 is 1.84 bits per heavy atom. The molecule has 1 N–H and O–H groups in total. The van der Waals surface area contributed by atoms with Gasteiger partial charge in [-0.1, -0.05) is 24.3 Å². The zero-order valence-electron chi connectivity index (χ0n) is 17.0. The first-order valence-corrected chi connectivity index (χ1v) is 12.0. The van der Waals surface area contributed by atoms with E-state index in [0.717, 1.165) is 48.2 Å². The predicted molar refractivity (Wildman–Crippen MR) is 120 cm³/mol. The number of nitrogens with one attached hydrogen (secondary N) is 1. The first-order chi connectivity index (χ1) is 15.0. The molecule has 5 rings (SSSR count). The van der Waals surface area contributed by atoms with Crippen LogP contribution >= 0.6 is 0 Å². The van der Waals surface area contributed by atoms with Gasteiger partial charge in [0, 0.05) is 29.9 Å². The third-order valence-corrected chi connectivity index (χ3v) is 7.17. The van der Waals surface area contributed by atoms with Crippen molar-refractivity contribution in [3.05, 3.63) is 72.4 Å². The van der Waals surface area contributed by atoms with Crippen molar-refractivity contribution in [1.29, 1.82) is 0 Å². The molecular weight excluding hydrogens is 410 g/mol. The van der Waals surface area contributed by atoms with Gasteiger partial charge in [-0.3, -0.25) is 14.5 Å². The van der Waals surface area contributed by atoms with Gasteiger partial charge in [0.2, 0.25) is 5.91 Å². The standard InChI is InChI=1S/C24H23N3O3S/c28-24(19-6-7-19)27-15-3-4-18-8-11-20(16-23(18)27)26-31(29,30)21-12-9-17(10-13-21)22-5-1-2-14-25-22/h1-2,5,8-14,16,19,26H,3-4,6-7,15H2. The molecule has 1 saturated carbocycles. The van der Waals surface area contributed by atoms with E-state index in [1.54, 1.807) is 42.6 Å². The summed E-state index contributed by atoms with van der Waals surface area (Å²) < 4.78 is 28.6. The molecule has 1 fully saturated rings. The summed E-state index contributed by atoms with van der Waals surface area (Å²) in [6.07, 6.45) is 5.43. The van der Waals surface area contributed by atoms with Crippen LogP contribution in [0.15, 0.2) is 71.8 Å². The number of hydrogen-bond donors (Lipinski definition) is 1. The molecule has 7 heteroatoms. The lowest BCUT2D eigenvalue weighted by atomic mass is 10.0. The molecule has 3 aromatic rings. The number of sulfonamides is 1. The van der Waals surface area contributed by atoms with Crippen LogP contribution in [0.1, 0.15) is 24.8 Å². The number of carbonyl (C=O) groups is 1. The zero-order chi connectivity index (χ0) is 21.4. The lowest BCUT2D eigenvalue weighted by molar-refractivity contribution is -0.119. The van der Waals surface area contributed by atoms with E-state index in [-0.39, 0.29) is 16.7 Å². The lowest BCUT2D eigenvalue weighted by Gasteiger charge is -2.30. The van der Waals surface area contributed by atoms with Gasteiger partial charge in [-0.2, -0.15) is 0 Å². The highest BCUT2D eigenvalue weighted by Crippen LogP contribution is 2.37. The van der Waals surface area contributed by atoms with Crippen molar-refractivity contribution in [3.63, 3.8) is 0 Å². The van der Waals surface area contributed by atoms with E-state index in [9.17, 15) is 13.2 Å². The largest absolute Gasteiger partial charge is 0.312 e. The molecule has 0 saturated heterocycles. The van der Waals surface area contributed by atoms with Crippen molar-refractivity contribution in [2.45, 2.75) is 30.6 Å². The fourth-order valence-electron chi connectivity index (χ4n) is 3.97. The number of pyridine rings is 1. The summed E-state index contributed by atoms with van der Waals surface area (Å²) in [5.74, 6) is 0.287. The van der Waals surface area contributed by atoms with Crippen LogP contribution in [0.3, 0.4) is 0 Å². The molecular formula is C24H23N3O3S. The summed E-state index contributed by atoms with van der Waals surface area (Å²) >= 11 is 0. The third-order valence-electron chi connectivity index (χ3n) is 5.77. The van der Waals surface area contributed by atoms with Crippen molar-refractivity contribution in [1.82, 2.24) is 4.98 Å². The Morgan fingerprint density at radius 1 is 1.03 bits per heavy atom. The number of rotatable bonds is 5. The van der Waals surface area contributed by atoms with Gasteiger partial charge in [-0.25, -0.2) is 8.42 Å². The van der Waals surface area contributed by atoms with Crippen LogP contribution in [-0.4, -0.2) is 25.9 Å². The summed E-state index contributed by atoms with van der Waals surface area (Å²) in [6, 6.07) is 17.7. The summed E-state index contributed by atoms with van der Waals surface area (Å²) in [7, 11) is -3.75. The maximum absolute atomic E-state index is 12.9. The number of amides is 1. The van der Waals surface area contributed by atoms with Gasteiger partial charge in [-0.15, -0.1) is 0 Å². The molecule has 0 radical (unpaired) electrons. The van der Waals surface area contributed by atoms with Gasteiger partial charge < -0.3 is 4.90 Å². The van der Waals surface area contributed by atoms with E-state index in [1.165, 1.54) is 0 Å². The topological polar surface area (TPSA) is 79.4 Å². The van der Waals surface area contributed by atoms with Gasteiger partial charge in [0.1, 0.15) is 0 Å². The second-order valence-electron chi connectivity index (χ2n) is 8.06. The van der Waals surface area contributed by atoms with Gasteiger partial charge in [0.05, 0.1) is 16.3 Å². The molecule has 1 aliphatic heterocycles. The van der Waals surface area contributed by atoms with Crippen molar-refractivity contribution in [2.24, 2.45) is 5.92 Å². The molecule has 1 amide bonds. The minimum Gasteiger partial charge on any atom is -0.312 e. The zero-order valence-corrected chi connectivity index (χ0v) is 17.8. The minimum absolute atomic E-state index is 0.129. The highest BCUT2D eigenvalue weighted by Gasteiger charge is 2.35. The Bertz CT molecular complexity index is 1220. The Balaban J connectivity index is 1.39. The SMILES string of the molecule is O=C(C1CC1)N1CCCc2ccc(NS(=O)(=O)c3ccc(-c4ccccn4)cc3)cc21. The van der Waals surface area contributed by atoms with Gasteiger partial charge >= 0.3 is 0 Å². The molecule has 0 unspecified atom stereocenters. The molecule has 158 valence electrons. The number of nitrogens with zero attached hydrogens (tertiary/aromatic N) is 2. The van der Waals surface area contributed by atoms with Gasteiger partial charge in [0.25, 0.3) is 10.0 Å². The van der Waals surface area contributed by atoms with Crippen LogP contribution in [0, 0.1) is 5.92 Å². The molecule has 0 spiro atoms. The first-order valence-electron chi connectivity index (χ1n) is 10.5. The van der Waals surface area contributed by atoms with Crippen LogP contribution in [0.2, 0.25) is 0 Å². The molecule has 1 aromatic heterocycles. The van der Waals surface area contributed by atoms with E-state index in [1.807, 2.05) is 29.2 Å². The summed E-state index contributed by atoms with van der Waals surface area (Å²) in [5.41, 5.74) is 4.01. The third kappa shape index (κ3) is 4.05. The first kappa shape index (κ1) is 19.8.